The Kier molecular flexibility index (Phi) is 8.90. The molecule has 2 N–H and O–H groups in total. The Morgan fingerprint density at radius 1 is 1.46 bits per heavy atom. The minimum absolute atomic E-state index is 0. The minimum Gasteiger partial charge on any atom is -0.492 e. The average Bonchev–Trinajstić information content (AvgIpc) is 2.47. The molecule has 136 valence electrons. The van der Waals surface area contributed by atoms with Gasteiger partial charge >= 0.3 is 0 Å². The van der Waals surface area contributed by atoms with Gasteiger partial charge in [0.25, 0.3) is 0 Å². The number of carbonyl (C=O) groups is 1. The number of ether oxygens (including phenoxy) is 1. The predicted molar refractivity (Wildman–Crippen MR) is 101 cm³/mol. The van der Waals surface area contributed by atoms with Crippen LogP contribution in [0.1, 0.15) is 6.42 Å². The van der Waals surface area contributed by atoms with Crippen molar-refractivity contribution in [3.05, 3.63) is 24.3 Å². The molecular weight excluding hydrogens is 372 g/mol. The molecule has 0 aromatic heterocycles. The molecule has 9 heteroatoms. The predicted octanol–water partition coefficient (Wildman–Crippen LogP) is 1.57. The summed E-state index contributed by atoms with van der Waals surface area (Å²) >= 11 is 1.85. The number of halogens is 1. The number of amides is 1. The van der Waals surface area contributed by atoms with Crippen LogP contribution in [0.15, 0.2) is 24.3 Å². The zero-order valence-electron chi connectivity index (χ0n) is 13.5. The maximum Gasteiger partial charge on any atom is 0.225 e. The van der Waals surface area contributed by atoms with Crippen LogP contribution in [0.25, 0.3) is 0 Å². The lowest BCUT2D eigenvalue weighted by Crippen LogP contribution is -2.39. The minimum atomic E-state index is -3.04. The fourth-order valence-corrected chi connectivity index (χ4v) is 3.50. The number of thioether (sulfide) groups is 1. The van der Waals surface area contributed by atoms with Crippen LogP contribution < -0.4 is 15.4 Å². The molecular formula is C15H23ClN2O4S2. The van der Waals surface area contributed by atoms with Crippen LogP contribution in [0.4, 0.5) is 5.69 Å². The van der Waals surface area contributed by atoms with Gasteiger partial charge in [0, 0.05) is 48.5 Å². The molecule has 0 radical (unpaired) electrons. The van der Waals surface area contributed by atoms with Crippen LogP contribution in [0.5, 0.6) is 5.75 Å². The monoisotopic (exact) mass is 394 g/mol. The number of hydrogen-bond donors (Lipinski definition) is 2. The van der Waals surface area contributed by atoms with Crippen molar-refractivity contribution in [3.63, 3.8) is 0 Å². The first-order chi connectivity index (χ1) is 10.9. The summed E-state index contributed by atoms with van der Waals surface area (Å²) in [5, 5.41) is 6.18. The molecule has 6 nitrogen and oxygen atoms in total. The van der Waals surface area contributed by atoms with E-state index in [1.54, 1.807) is 24.3 Å². The fourth-order valence-electron chi connectivity index (χ4n) is 2.16. The molecule has 1 heterocycles. The number of benzene rings is 1. The maximum absolute atomic E-state index is 12.1. The number of anilines is 1. The zero-order chi connectivity index (χ0) is 16.7. The number of sulfone groups is 1. The summed E-state index contributed by atoms with van der Waals surface area (Å²) in [5.41, 5.74) is 0.648. The molecule has 1 aliphatic rings. The molecule has 1 aromatic rings. The van der Waals surface area contributed by atoms with E-state index < -0.39 is 9.84 Å². The van der Waals surface area contributed by atoms with E-state index in [4.69, 9.17) is 4.74 Å². The lowest BCUT2D eigenvalue weighted by molar-refractivity contribution is -0.116. The Balaban J connectivity index is 0.00000288. The molecule has 1 fully saturated rings. The second-order valence-corrected chi connectivity index (χ2v) is 8.89. The second kappa shape index (κ2) is 10.1. The van der Waals surface area contributed by atoms with Crippen LogP contribution in [-0.4, -0.2) is 57.0 Å². The van der Waals surface area contributed by atoms with Gasteiger partial charge in [-0.15, -0.1) is 12.4 Å². The van der Waals surface area contributed by atoms with Crippen molar-refractivity contribution < 1.29 is 17.9 Å². The highest BCUT2D eigenvalue weighted by molar-refractivity contribution is 7.99. The Labute approximate surface area is 153 Å². The summed E-state index contributed by atoms with van der Waals surface area (Å²) < 4.78 is 27.6. The van der Waals surface area contributed by atoms with Crippen molar-refractivity contribution in [1.82, 2.24) is 5.32 Å². The van der Waals surface area contributed by atoms with Gasteiger partial charge in [-0.2, -0.15) is 11.8 Å². The molecule has 24 heavy (non-hydrogen) atoms. The normalized spacial score (nSPS) is 17.6. The van der Waals surface area contributed by atoms with Gasteiger partial charge in [0.05, 0.1) is 5.75 Å². The lowest BCUT2D eigenvalue weighted by Gasteiger charge is -2.22. The summed E-state index contributed by atoms with van der Waals surface area (Å²) in [4.78, 5) is 12.1. The molecule has 1 amide bonds. The first kappa shape index (κ1) is 21.1. The average molecular weight is 395 g/mol. The van der Waals surface area contributed by atoms with E-state index in [0.717, 1.165) is 18.1 Å². The quantitative estimate of drug-likeness (QED) is 0.730. The van der Waals surface area contributed by atoms with Gasteiger partial charge in [-0.3, -0.25) is 4.79 Å². The molecule has 2 rings (SSSR count). The summed E-state index contributed by atoms with van der Waals surface area (Å²) in [6.45, 7) is 1.03. The van der Waals surface area contributed by atoms with Crippen LogP contribution in [-0.2, 0) is 14.6 Å². The first-order valence-corrected chi connectivity index (χ1v) is 10.7. The molecule has 0 bridgehead atoms. The van der Waals surface area contributed by atoms with Crippen LogP contribution in [0, 0.1) is 0 Å². The fraction of sp³-hybridized carbons (Fsp3) is 0.533. The number of carbonyl (C=O) groups excluding carboxylic acids is 1. The summed E-state index contributed by atoms with van der Waals surface area (Å²) in [7, 11) is -3.04. The van der Waals surface area contributed by atoms with Gasteiger partial charge in [-0.25, -0.2) is 8.42 Å². The van der Waals surface area contributed by atoms with E-state index >= 15 is 0 Å². The molecule has 1 unspecified atom stereocenters. The van der Waals surface area contributed by atoms with Gasteiger partial charge in [0.2, 0.25) is 5.91 Å². The highest BCUT2D eigenvalue weighted by Crippen LogP contribution is 2.18. The van der Waals surface area contributed by atoms with E-state index in [1.165, 1.54) is 6.26 Å². The highest BCUT2D eigenvalue weighted by Gasteiger charge is 2.16. The zero-order valence-corrected chi connectivity index (χ0v) is 15.9. The van der Waals surface area contributed by atoms with Crippen LogP contribution in [0.2, 0.25) is 0 Å². The van der Waals surface area contributed by atoms with E-state index in [1.807, 2.05) is 11.8 Å². The van der Waals surface area contributed by atoms with E-state index in [9.17, 15) is 13.2 Å². The van der Waals surface area contributed by atoms with Gasteiger partial charge < -0.3 is 15.4 Å². The van der Waals surface area contributed by atoms with Crippen molar-refractivity contribution in [2.45, 2.75) is 12.5 Å². The van der Waals surface area contributed by atoms with Gasteiger partial charge in [0.15, 0.2) is 9.84 Å². The maximum atomic E-state index is 12.1. The summed E-state index contributed by atoms with van der Waals surface area (Å²) in [5.74, 6) is 2.50. The third kappa shape index (κ3) is 8.23. The van der Waals surface area contributed by atoms with Crippen LogP contribution >= 0.6 is 24.2 Å². The molecule has 0 aliphatic carbocycles. The van der Waals surface area contributed by atoms with Crippen molar-refractivity contribution >= 4 is 45.6 Å². The standard InChI is InChI=1S/C15H22N2O4S2.ClH/c1-23(19,20)8-6-21-14-4-2-3-12(9-14)17-15(18)10-13-11-22-7-5-16-13;/h2-4,9,13,16H,5-8,10-11H2,1H3,(H,17,18);1H. The van der Waals surface area contributed by atoms with Gasteiger partial charge in [-0.1, -0.05) is 6.07 Å². The summed E-state index contributed by atoms with van der Waals surface area (Å²) in [6, 6.07) is 7.19. The van der Waals surface area contributed by atoms with Crippen molar-refractivity contribution in [2.75, 3.05) is 42.0 Å². The molecule has 1 aromatic carbocycles. The number of rotatable bonds is 7. The third-order valence-electron chi connectivity index (χ3n) is 3.27. The largest absolute Gasteiger partial charge is 0.492 e. The molecule has 0 saturated carbocycles. The van der Waals surface area contributed by atoms with Crippen molar-refractivity contribution in [2.24, 2.45) is 0 Å². The Morgan fingerprint density at radius 2 is 2.25 bits per heavy atom. The molecule has 0 spiro atoms. The van der Waals surface area contributed by atoms with E-state index in [-0.39, 0.29) is 36.7 Å². The highest BCUT2D eigenvalue weighted by atomic mass is 35.5. The van der Waals surface area contributed by atoms with Crippen molar-refractivity contribution in [3.8, 4) is 5.75 Å². The Bertz CT molecular complexity index is 634. The third-order valence-corrected chi connectivity index (χ3v) is 5.31. The SMILES string of the molecule is CS(=O)(=O)CCOc1cccc(NC(=O)CC2CSCCN2)c1.Cl. The number of nitrogens with one attached hydrogen (secondary N) is 2. The Morgan fingerprint density at radius 3 is 2.92 bits per heavy atom. The van der Waals surface area contributed by atoms with Crippen LogP contribution in [0.3, 0.4) is 0 Å². The van der Waals surface area contributed by atoms with E-state index in [2.05, 4.69) is 10.6 Å². The summed E-state index contributed by atoms with van der Waals surface area (Å²) in [6.07, 6.45) is 1.61. The van der Waals surface area contributed by atoms with Crippen molar-refractivity contribution in [1.29, 1.82) is 0 Å². The van der Waals surface area contributed by atoms with Gasteiger partial charge in [-0.05, 0) is 12.1 Å². The Hall–Kier alpha value is -0.960. The molecule has 1 aliphatic heterocycles. The topological polar surface area (TPSA) is 84.5 Å². The first-order valence-electron chi connectivity index (χ1n) is 7.44. The van der Waals surface area contributed by atoms with Gasteiger partial charge in [0.1, 0.15) is 12.4 Å². The van der Waals surface area contributed by atoms with E-state index in [0.29, 0.717) is 17.9 Å². The smallest absolute Gasteiger partial charge is 0.225 e. The second-order valence-electron chi connectivity index (χ2n) is 5.48. The molecule has 1 saturated heterocycles. The number of hydrogen-bond acceptors (Lipinski definition) is 6. The molecule has 1 atom stereocenters. The lowest BCUT2D eigenvalue weighted by atomic mass is 10.2.